The van der Waals surface area contributed by atoms with E-state index in [-0.39, 0.29) is 17.4 Å². The maximum absolute atomic E-state index is 12.6. The number of nitrogens with zero attached hydrogens (tertiary/aromatic N) is 1. The van der Waals surface area contributed by atoms with Gasteiger partial charge in [0.05, 0.1) is 0 Å². The molecule has 24 heavy (non-hydrogen) atoms. The number of amides is 1. The Labute approximate surface area is 146 Å². The smallest absolute Gasteiger partial charge is 0.263 e. The number of rotatable bonds is 4. The summed E-state index contributed by atoms with van der Waals surface area (Å²) in [6.45, 7) is 12.3. The fourth-order valence-electron chi connectivity index (χ4n) is 2.88. The van der Waals surface area contributed by atoms with E-state index >= 15 is 0 Å². The number of hydrogen-bond donors (Lipinski definition) is 1. The molecule has 1 aromatic carbocycles. The zero-order chi connectivity index (χ0) is 18.0. The van der Waals surface area contributed by atoms with E-state index in [4.69, 9.17) is 4.74 Å². The third-order valence-electron chi connectivity index (χ3n) is 4.69. The molecule has 2 rings (SSSR count). The third-order valence-corrected chi connectivity index (χ3v) is 4.69. The second-order valence-electron chi connectivity index (χ2n) is 8.44. The Kier molecular flexibility index (Phi) is 5.59. The molecule has 1 aromatic rings. The molecule has 1 fully saturated rings. The molecule has 1 heterocycles. The number of benzene rings is 1. The topological polar surface area (TPSA) is 41.6 Å². The molecule has 1 aliphatic heterocycles. The molecular weight excluding hydrogens is 300 g/mol. The molecule has 0 radical (unpaired) electrons. The first-order valence-corrected chi connectivity index (χ1v) is 8.87. The molecule has 4 heteroatoms. The van der Waals surface area contributed by atoms with Crippen LogP contribution in [0.4, 0.5) is 0 Å². The monoisotopic (exact) mass is 332 g/mol. The second-order valence-corrected chi connectivity index (χ2v) is 8.44. The minimum atomic E-state index is -0.882. The fraction of sp³-hybridized carbons (Fsp3) is 0.650. The molecule has 0 unspecified atom stereocenters. The second kappa shape index (κ2) is 7.14. The summed E-state index contributed by atoms with van der Waals surface area (Å²) in [6, 6.07) is 8.29. The Hall–Kier alpha value is -1.55. The highest BCUT2D eigenvalue weighted by Gasteiger charge is 2.32. The van der Waals surface area contributed by atoms with Gasteiger partial charge in [-0.3, -0.25) is 4.79 Å². The van der Waals surface area contributed by atoms with Crippen LogP contribution in [0.1, 0.15) is 53.0 Å². The van der Waals surface area contributed by atoms with Gasteiger partial charge in [0.25, 0.3) is 5.91 Å². The van der Waals surface area contributed by atoms with Gasteiger partial charge < -0.3 is 15.0 Å². The van der Waals surface area contributed by atoms with Gasteiger partial charge in [0.1, 0.15) is 5.75 Å². The van der Waals surface area contributed by atoms with E-state index in [0.717, 1.165) is 31.7 Å². The van der Waals surface area contributed by atoms with Gasteiger partial charge in [-0.05, 0) is 69.9 Å². The van der Waals surface area contributed by atoms with Crippen LogP contribution < -0.4 is 10.1 Å². The van der Waals surface area contributed by atoms with E-state index < -0.39 is 5.60 Å². The van der Waals surface area contributed by atoms with Crippen LogP contribution in [0.25, 0.3) is 0 Å². The lowest BCUT2D eigenvalue weighted by Gasteiger charge is -2.32. The SMILES string of the molecule is CN1CCC(NC(=O)C(C)(C)Oc2ccc(C(C)(C)C)cc2)CC1. The zero-order valence-corrected chi connectivity index (χ0v) is 16.0. The van der Waals surface area contributed by atoms with Crippen molar-refractivity contribution < 1.29 is 9.53 Å². The highest BCUT2D eigenvalue weighted by atomic mass is 16.5. The highest BCUT2D eigenvalue weighted by molar-refractivity contribution is 5.85. The predicted octanol–water partition coefficient (Wildman–Crippen LogP) is 3.35. The molecule has 0 bridgehead atoms. The minimum absolute atomic E-state index is 0.0445. The average Bonchev–Trinajstić information content (AvgIpc) is 2.48. The Morgan fingerprint density at radius 3 is 2.12 bits per heavy atom. The Balaban J connectivity index is 1.95. The van der Waals surface area contributed by atoms with Crippen LogP contribution in [-0.2, 0) is 10.2 Å². The lowest BCUT2D eigenvalue weighted by Crippen LogP contribution is -2.52. The summed E-state index contributed by atoms with van der Waals surface area (Å²) in [7, 11) is 2.12. The molecule has 1 amide bonds. The van der Waals surface area contributed by atoms with Crippen molar-refractivity contribution in [1.29, 1.82) is 0 Å². The van der Waals surface area contributed by atoms with Gasteiger partial charge in [0, 0.05) is 6.04 Å². The molecule has 0 aliphatic carbocycles. The lowest BCUT2D eigenvalue weighted by molar-refractivity contribution is -0.135. The number of hydrogen-bond acceptors (Lipinski definition) is 3. The van der Waals surface area contributed by atoms with Crippen LogP contribution in [0.2, 0.25) is 0 Å². The standard InChI is InChI=1S/C20H32N2O2/c1-19(2,3)15-7-9-17(10-8-15)24-20(4,5)18(23)21-16-11-13-22(6)14-12-16/h7-10,16H,11-14H2,1-6H3,(H,21,23). The van der Waals surface area contributed by atoms with Crippen molar-refractivity contribution in [3.05, 3.63) is 29.8 Å². The molecule has 4 nitrogen and oxygen atoms in total. The Morgan fingerprint density at radius 2 is 1.62 bits per heavy atom. The molecule has 134 valence electrons. The summed E-state index contributed by atoms with van der Waals surface area (Å²) >= 11 is 0. The van der Waals surface area contributed by atoms with Crippen molar-refractivity contribution in [3.8, 4) is 5.75 Å². The number of likely N-dealkylation sites (tertiary alicyclic amines) is 1. The molecule has 0 spiro atoms. The van der Waals surface area contributed by atoms with Gasteiger partial charge >= 0.3 is 0 Å². The number of piperidine rings is 1. The summed E-state index contributed by atoms with van der Waals surface area (Å²) in [4.78, 5) is 14.9. The van der Waals surface area contributed by atoms with E-state index in [2.05, 4.69) is 50.2 Å². The van der Waals surface area contributed by atoms with E-state index in [1.165, 1.54) is 5.56 Å². The summed E-state index contributed by atoms with van der Waals surface area (Å²) in [6.07, 6.45) is 2.00. The molecule has 1 saturated heterocycles. The highest BCUT2D eigenvalue weighted by Crippen LogP contribution is 2.26. The lowest BCUT2D eigenvalue weighted by atomic mass is 9.87. The van der Waals surface area contributed by atoms with Gasteiger partial charge in [-0.25, -0.2) is 0 Å². The largest absolute Gasteiger partial charge is 0.478 e. The minimum Gasteiger partial charge on any atom is -0.478 e. The molecule has 0 saturated carbocycles. The molecule has 0 atom stereocenters. The van der Waals surface area contributed by atoms with Crippen LogP contribution >= 0.6 is 0 Å². The van der Waals surface area contributed by atoms with Gasteiger partial charge in [-0.15, -0.1) is 0 Å². The van der Waals surface area contributed by atoms with Gasteiger partial charge in [-0.1, -0.05) is 32.9 Å². The van der Waals surface area contributed by atoms with Crippen molar-refractivity contribution in [3.63, 3.8) is 0 Å². The van der Waals surface area contributed by atoms with Gasteiger partial charge in [0.15, 0.2) is 5.60 Å². The van der Waals surface area contributed by atoms with Crippen LogP contribution in [0.15, 0.2) is 24.3 Å². The van der Waals surface area contributed by atoms with E-state index in [1.807, 2.05) is 26.0 Å². The fourth-order valence-corrected chi connectivity index (χ4v) is 2.88. The van der Waals surface area contributed by atoms with Crippen molar-refractivity contribution in [1.82, 2.24) is 10.2 Å². The Bertz CT molecular complexity index is 550. The molecule has 1 N–H and O–H groups in total. The first-order valence-electron chi connectivity index (χ1n) is 8.87. The van der Waals surface area contributed by atoms with E-state index in [9.17, 15) is 4.79 Å². The number of nitrogens with one attached hydrogen (secondary N) is 1. The summed E-state index contributed by atoms with van der Waals surface area (Å²) in [5, 5.41) is 3.14. The van der Waals surface area contributed by atoms with Crippen molar-refractivity contribution in [2.75, 3.05) is 20.1 Å². The molecule has 1 aliphatic rings. The normalized spacial score (nSPS) is 17.6. The third kappa shape index (κ3) is 4.97. The first kappa shape index (κ1) is 18.8. The van der Waals surface area contributed by atoms with E-state index in [1.54, 1.807) is 0 Å². The Morgan fingerprint density at radius 1 is 1.08 bits per heavy atom. The summed E-state index contributed by atoms with van der Waals surface area (Å²) in [5.74, 6) is 0.684. The predicted molar refractivity (Wildman–Crippen MR) is 98.5 cm³/mol. The van der Waals surface area contributed by atoms with Gasteiger partial charge in [0.2, 0.25) is 0 Å². The zero-order valence-electron chi connectivity index (χ0n) is 16.0. The van der Waals surface area contributed by atoms with E-state index in [0.29, 0.717) is 0 Å². The van der Waals surface area contributed by atoms with Crippen molar-refractivity contribution >= 4 is 5.91 Å². The van der Waals surface area contributed by atoms with Crippen molar-refractivity contribution in [2.24, 2.45) is 0 Å². The van der Waals surface area contributed by atoms with Crippen LogP contribution in [0.5, 0.6) is 5.75 Å². The maximum Gasteiger partial charge on any atom is 0.263 e. The summed E-state index contributed by atoms with van der Waals surface area (Å²) < 4.78 is 5.97. The van der Waals surface area contributed by atoms with Gasteiger partial charge in [-0.2, -0.15) is 0 Å². The van der Waals surface area contributed by atoms with Crippen LogP contribution in [0.3, 0.4) is 0 Å². The number of carbonyl (C=O) groups excluding carboxylic acids is 1. The number of carbonyl (C=O) groups is 1. The number of ether oxygens (including phenoxy) is 1. The van der Waals surface area contributed by atoms with Crippen LogP contribution in [0, 0.1) is 0 Å². The molecule has 0 aromatic heterocycles. The summed E-state index contributed by atoms with van der Waals surface area (Å²) in [5.41, 5.74) is 0.482. The first-order chi connectivity index (χ1) is 11.1. The van der Waals surface area contributed by atoms with Crippen LogP contribution in [-0.4, -0.2) is 42.6 Å². The molecular formula is C20H32N2O2. The average molecular weight is 332 g/mol. The quantitative estimate of drug-likeness (QED) is 0.919. The maximum atomic E-state index is 12.6. The van der Waals surface area contributed by atoms with Crippen molar-refractivity contribution in [2.45, 2.75) is 64.5 Å².